The van der Waals surface area contributed by atoms with Crippen molar-refractivity contribution in [3.63, 3.8) is 0 Å². The maximum atomic E-state index is 14.7. The summed E-state index contributed by atoms with van der Waals surface area (Å²) in [7, 11) is 0. The highest BCUT2D eigenvalue weighted by molar-refractivity contribution is 5.71. The van der Waals surface area contributed by atoms with E-state index in [4.69, 9.17) is 4.74 Å². The molecule has 0 amide bonds. The fourth-order valence-corrected chi connectivity index (χ4v) is 5.49. The lowest BCUT2D eigenvalue weighted by atomic mass is 9.78. The van der Waals surface area contributed by atoms with E-state index in [1.165, 1.54) is 56.6 Å². The van der Waals surface area contributed by atoms with Gasteiger partial charge in [0.2, 0.25) is 5.82 Å². The molecule has 3 aromatic carbocycles. The molecule has 1 aliphatic rings. The van der Waals surface area contributed by atoms with Gasteiger partial charge in [-0.2, -0.15) is 4.39 Å². The lowest BCUT2D eigenvalue weighted by molar-refractivity contribution is 0.252. The summed E-state index contributed by atoms with van der Waals surface area (Å²) in [4.78, 5) is 0. The molecule has 1 fully saturated rings. The predicted octanol–water partition coefficient (Wildman–Crippen LogP) is 10.0. The summed E-state index contributed by atoms with van der Waals surface area (Å²) in [5.74, 6) is 0.0479. The van der Waals surface area contributed by atoms with Crippen molar-refractivity contribution in [1.82, 2.24) is 0 Å². The molecule has 0 radical (unpaired) electrons. The van der Waals surface area contributed by atoms with E-state index in [9.17, 15) is 8.78 Å². The number of hydrogen-bond acceptors (Lipinski definition) is 1. The molecule has 36 heavy (non-hydrogen) atoms. The first-order chi connectivity index (χ1) is 17.6. The topological polar surface area (TPSA) is 9.23 Å². The zero-order valence-electron chi connectivity index (χ0n) is 21.9. The standard InChI is InChI=1S/C33H40F2O/c1-3-5-23-36-31-22-21-30(32(34)33(31)35)29-19-17-28(18-20-29)27-15-13-26(14-16-27)12-11-25-9-7-24(6-4-2)8-10-25/h13-22,24-25H,3-12,23H2,1-2H3. The van der Waals surface area contributed by atoms with Crippen LogP contribution >= 0.6 is 0 Å². The van der Waals surface area contributed by atoms with Crippen LogP contribution in [0.15, 0.2) is 60.7 Å². The first kappa shape index (κ1) is 26.4. The number of hydrogen-bond donors (Lipinski definition) is 0. The third-order valence-corrected chi connectivity index (χ3v) is 7.79. The van der Waals surface area contributed by atoms with E-state index in [2.05, 4.69) is 31.2 Å². The summed E-state index contributed by atoms with van der Waals surface area (Å²) in [6.07, 6.45) is 12.5. The fourth-order valence-electron chi connectivity index (χ4n) is 5.49. The molecule has 4 rings (SSSR count). The van der Waals surface area contributed by atoms with Gasteiger partial charge in [-0.3, -0.25) is 0 Å². The molecule has 0 aromatic heterocycles. The van der Waals surface area contributed by atoms with Crippen molar-refractivity contribution in [2.45, 2.75) is 78.1 Å². The van der Waals surface area contributed by atoms with Crippen molar-refractivity contribution in [2.75, 3.05) is 6.61 Å². The van der Waals surface area contributed by atoms with E-state index in [1.54, 1.807) is 6.07 Å². The Bertz CT molecular complexity index is 1080. The van der Waals surface area contributed by atoms with Crippen molar-refractivity contribution < 1.29 is 13.5 Å². The monoisotopic (exact) mass is 490 g/mol. The van der Waals surface area contributed by atoms with Crippen LogP contribution in [0.4, 0.5) is 8.78 Å². The van der Waals surface area contributed by atoms with Crippen molar-refractivity contribution in [3.05, 3.63) is 77.9 Å². The minimum absolute atomic E-state index is 0.0226. The SMILES string of the molecule is CCCCOc1ccc(-c2ccc(-c3ccc(CCC4CCC(CCC)CC4)cc3)cc2)c(F)c1F. The minimum atomic E-state index is -0.919. The van der Waals surface area contributed by atoms with E-state index >= 15 is 0 Å². The third kappa shape index (κ3) is 6.75. The first-order valence-corrected chi connectivity index (χ1v) is 13.9. The Kier molecular flexibility index (Phi) is 9.55. The summed E-state index contributed by atoms with van der Waals surface area (Å²) in [6, 6.07) is 19.6. The summed E-state index contributed by atoms with van der Waals surface area (Å²) in [5, 5.41) is 0. The van der Waals surface area contributed by atoms with Gasteiger partial charge in [0.15, 0.2) is 11.6 Å². The van der Waals surface area contributed by atoms with Crippen LogP contribution in [0.2, 0.25) is 0 Å². The van der Waals surface area contributed by atoms with Crippen LogP contribution in [0.25, 0.3) is 22.3 Å². The van der Waals surface area contributed by atoms with Gasteiger partial charge in [0.05, 0.1) is 6.61 Å². The maximum Gasteiger partial charge on any atom is 0.201 e. The van der Waals surface area contributed by atoms with Crippen molar-refractivity contribution >= 4 is 0 Å². The Morgan fingerprint density at radius 3 is 1.86 bits per heavy atom. The van der Waals surface area contributed by atoms with Crippen LogP contribution in [0.5, 0.6) is 5.75 Å². The quantitative estimate of drug-likeness (QED) is 0.243. The molecule has 1 saturated carbocycles. The number of aryl methyl sites for hydroxylation is 1. The van der Waals surface area contributed by atoms with Gasteiger partial charge >= 0.3 is 0 Å². The molecular weight excluding hydrogens is 450 g/mol. The van der Waals surface area contributed by atoms with Crippen molar-refractivity contribution in [2.24, 2.45) is 11.8 Å². The molecule has 0 N–H and O–H groups in total. The van der Waals surface area contributed by atoms with Gasteiger partial charge in [-0.25, -0.2) is 4.39 Å². The molecule has 3 heteroatoms. The first-order valence-electron chi connectivity index (χ1n) is 13.9. The summed E-state index contributed by atoms with van der Waals surface area (Å²) >= 11 is 0. The lowest BCUT2D eigenvalue weighted by Gasteiger charge is -2.28. The van der Waals surface area contributed by atoms with Crippen molar-refractivity contribution in [1.29, 1.82) is 0 Å². The molecule has 0 saturated heterocycles. The van der Waals surface area contributed by atoms with E-state index in [0.29, 0.717) is 12.2 Å². The Hall–Kier alpha value is -2.68. The van der Waals surface area contributed by atoms with Gasteiger partial charge in [-0.15, -0.1) is 0 Å². The molecule has 0 unspecified atom stereocenters. The molecule has 1 nitrogen and oxygen atoms in total. The van der Waals surface area contributed by atoms with Gasteiger partial charge in [-0.05, 0) is 65.5 Å². The molecule has 0 atom stereocenters. The fraction of sp³-hybridized carbons (Fsp3) is 0.455. The van der Waals surface area contributed by atoms with E-state index in [1.807, 2.05) is 31.2 Å². The minimum Gasteiger partial charge on any atom is -0.490 e. The Morgan fingerprint density at radius 2 is 1.25 bits per heavy atom. The zero-order valence-corrected chi connectivity index (χ0v) is 21.9. The van der Waals surface area contributed by atoms with Crippen LogP contribution < -0.4 is 4.74 Å². The highest BCUT2D eigenvalue weighted by Crippen LogP contribution is 2.34. The highest BCUT2D eigenvalue weighted by atomic mass is 19.2. The summed E-state index contributed by atoms with van der Waals surface area (Å²) in [5.41, 5.74) is 4.50. The number of ether oxygens (including phenoxy) is 1. The molecule has 3 aromatic rings. The number of unbranched alkanes of at least 4 members (excludes halogenated alkanes) is 1. The van der Waals surface area contributed by atoms with Gasteiger partial charge in [0.1, 0.15) is 0 Å². The second-order valence-corrected chi connectivity index (χ2v) is 10.4. The summed E-state index contributed by atoms with van der Waals surface area (Å²) < 4.78 is 34.6. The van der Waals surface area contributed by atoms with Gasteiger partial charge in [0, 0.05) is 5.56 Å². The maximum absolute atomic E-state index is 14.7. The van der Waals surface area contributed by atoms with Gasteiger partial charge in [0.25, 0.3) is 0 Å². The number of halogens is 2. The molecule has 0 bridgehead atoms. The van der Waals surface area contributed by atoms with Gasteiger partial charge < -0.3 is 4.74 Å². The van der Waals surface area contributed by atoms with Crippen LogP contribution in [0.3, 0.4) is 0 Å². The second kappa shape index (κ2) is 13.0. The van der Waals surface area contributed by atoms with Crippen LogP contribution in [-0.2, 0) is 6.42 Å². The Balaban J connectivity index is 1.34. The molecule has 1 aliphatic carbocycles. The molecule has 0 spiro atoms. The number of benzene rings is 3. The molecule has 0 heterocycles. The number of rotatable bonds is 11. The Labute approximate surface area is 215 Å². The molecular formula is C33H40F2O. The van der Waals surface area contributed by atoms with E-state index in [-0.39, 0.29) is 11.3 Å². The second-order valence-electron chi connectivity index (χ2n) is 10.4. The average molecular weight is 491 g/mol. The average Bonchev–Trinajstić information content (AvgIpc) is 2.91. The van der Waals surface area contributed by atoms with Crippen LogP contribution in [-0.4, -0.2) is 6.61 Å². The summed E-state index contributed by atoms with van der Waals surface area (Å²) in [6.45, 7) is 4.72. The predicted molar refractivity (Wildman–Crippen MR) is 146 cm³/mol. The molecule has 0 aliphatic heterocycles. The highest BCUT2D eigenvalue weighted by Gasteiger charge is 2.20. The van der Waals surface area contributed by atoms with E-state index in [0.717, 1.165) is 42.2 Å². The largest absolute Gasteiger partial charge is 0.490 e. The molecule has 192 valence electrons. The normalized spacial score (nSPS) is 17.8. The lowest BCUT2D eigenvalue weighted by Crippen LogP contribution is -2.15. The Morgan fingerprint density at radius 1 is 0.667 bits per heavy atom. The van der Waals surface area contributed by atoms with E-state index < -0.39 is 11.6 Å². The smallest absolute Gasteiger partial charge is 0.201 e. The van der Waals surface area contributed by atoms with Crippen molar-refractivity contribution in [3.8, 4) is 28.0 Å². The third-order valence-electron chi connectivity index (χ3n) is 7.79. The zero-order chi connectivity index (χ0) is 25.3. The van der Waals surface area contributed by atoms with Crippen LogP contribution in [0.1, 0.15) is 77.2 Å². The van der Waals surface area contributed by atoms with Gasteiger partial charge in [-0.1, -0.05) is 107 Å². The van der Waals surface area contributed by atoms with Crippen LogP contribution in [0, 0.1) is 23.5 Å².